The SMILES string of the molecule is COC(=O)CC1(C)CCC1C. The molecule has 2 heteroatoms. The predicted octanol–water partition coefficient (Wildman–Crippen LogP) is 1.99. The van der Waals surface area contributed by atoms with Crippen molar-refractivity contribution in [1.29, 1.82) is 0 Å². The van der Waals surface area contributed by atoms with E-state index in [2.05, 4.69) is 18.6 Å². The lowest BCUT2D eigenvalue weighted by atomic mass is 9.60. The highest BCUT2D eigenvalue weighted by Crippen LogP contribution is 2.48. The van der Waals surface area contributed by atoms with Gasteiger partial charge >= 0.3 is 5.97 Å². The molecule has 1 saturated carbocycles. The Labute approximate surface area is 67.9 Å². The monoisotopic (exact) mass is 156 g/mol. The fraction of sp³-hybridized carbons (Fsp3) is 0.889. The van der Waals surface area contributed by atoms with Crippen LogP contribution in [0, 0.1) is 11.3 Å². The fourth-order valence-electron chi connectivity index (χ4n) is 1.59. The molecule has 0 aromatic rings. The first-order valence-corrected chi connectivity index (χ1v) is 4.15. The summed E-state index contributed by atoms with van der Waals surface area (Å²) in [6.45, 7) is 4.37. The molecule has 11 heavy (non-hydrogen) atoms. The Morgan fingerprint density at radius 3 is 2.64 bits per heavy atom. The average molecular weight is 156 g/mol. The van der Waals surface area contributed by atoms with Crippen molar-refractivity contribution >= 4 is 5.97 Å². The lowest BCUT2D eigenvalue weighted by molar-refractivity contribution is -0.146. The summed E-state index contributed by atoms with van der Waals surface area (Å²) in [6, 6.07) is 0. The molecular formula is C9H16O2. The van der Waals surface area contributed by atoms with Gasteiger partial charge in [0, 0.05) is 0 Å². The molecule has 0 N–H and O–H groups in total. The number of hydrogen-bond acceptors (Lipinski definition) is 2. The summed E-state index contributed by atoms with van der Waals surface area (Å²) in [5, 5.41) is 0. The maximum atomic E-state index is 10.9. The first kappa shape index (κ1) is 8.57. The molecule has 1 aliphatic rings. The van der Waals surface area contributed by atoms with Crippen LogP contribution in [0.4, 0.5) is 0 Å². The first-order chi connectivity index (χ1) is 5.08. The molecule has 0 saturated heterocycles. The zero-order valence-electron chi connectivity index (χ0n) is 7.52. The van der Waals surface area contributed by atoms with Crippen LogP contribution in [0.5, 0.6) is 0 Å². The van der Waals surface area contributed by atoms with Crippen molar-refractivity contribution in [2.75, 3.05) is 7.11 Å². The quantitative estimate of drug-likeness (QED) is 0.571. The van der Waals surface area contributed by atoms with Crippen LogP contribution in [0.25, 0.3) is 0 Å². The van der Waals surface area contributed by atoms with Crippen molar-refractivity contribution in [3.05, 3.63) is 0 Å². The van der Waals surface area contributed by atoms with Crippen LogP contribution >= 0.6 is 0 Å². The minimum atomic E-state index is -0.0703. The van der Waals surface area contributed by atoms with Gasteiger partial charge in [-0.3, -0.25) is 4.79 Å². The third-order valence-electron chi connectivity index (χ3n) is 3.11. The predicted molar refractivity (Wildman–Crippen MR) is 43.1 cm³/mol. The molecular weight excluding hydrogens is 140 g/mol. The second-order valence-electron chi connectivity index (χ2n) is 3.85. The van der Waals surface area contributed by atoms with Crippen molar-refractivity contribution in [3.63, 3.8) is 0 Å². The van der Waals surface area contributed by atoms with Crippen LogP contribution in [-0.4, -0.2) is 13.1 Å². The average Bonchev–Trinajstić information content (AvgIpc) is 2.01. The Morgan fingerprint density at radius 2 is 2.36 bits per heavy atom. The Balaban J connectivity index is 2.41. The van der Waals surface area contributed by atoms with E-state index in [0.29, 0.717) is 12.3 Å². The van der Waals surface area contributed by atoms with E-state index in [0.717, 1.165) is 0 Å². The standard InChI is InChI=1S/C9H16O2/c1-7-4-5-9(7,2)6-8(10)11-3/h7H,4-6H2,1-3H3. The third-order valence-corrected chi connectivity index (χ3v) is 3.11. The van der Waals surface area contributed by atoms with Gasteiger partial charge in [-0.15, -0.1) is 0 Å². The Hall–Kier alpha value is -0.530. The fourth-order valence-corrected chi connectivity index (χ4v) is 1.59. The van der Waals surface area contributed by atoms with Gasteiger partial charge < -0.3 is 4.74 Å². The van der Waals surface area contributed by atoms with Gasteiger partial charge in [-0.2, -0.15) is 0 Å². The Kier molecular flexibility index (Phi) is 2.21. The molecule has 0 radical (unpaired) electrons. The largest absolute Gasteiger partial charge is 0.469 e. The van der Waals surface area contributed by atoms with Crippen molar-refractivity contribution in [2.45, 2.75) is 33.1 Å². The molecule has 1 rings (SSSR count). The van der Waals surface area contributed by atoms with Gasteiger partial charge in [0.1, 0.15) is 0 Å². The Morgan fingerprint density at radius 1 is 1.73 bits per heavy atom. The number of carbonyl (C=O) groups excluding carboxylic acids is 1. The number of hydrogen-bond donors (Lipinski definition) is 0. The van der Waals surface area contributed by atoms with E-state index in [-0.39, 0.29) is 11.4 Å². The third kappa shape index (κ3) is 1.55. The van der Waals surface area contributed by atoms with Crippen molar-refractivity contribution in [2.24, 2.45) is 11.3 Å². The number of rotatable bonds is 2. The highest BCUT2D eigenvalue weighted by molar-refractivity contribution is 5.70. The normalized spacial score (nSPS) is 36.1. The zero-order valence-corrected chi connectivity index (χ0v) is 7.52. The van der Waals surface area contributed by atoms with Crippen molar-refractivity contribution < 1.29 is 9.53 Å². The van der Waals surface area contributed by atoms with Gasteiger partial charge in [0.2, 0.25) is 0 Å². The topological polar surface area (TPSA) is 26.3 Å². The molecule has 0 amide bonds. The van der Waals surface area contributed by atoms with Gasteiger partial charge in [-0.1, -0.05) is 13.8 Å². The summed E-state index contributed by atoms with van der Waals surface area (Å²) in [5.41, 5.74) is 0.229. The molecule has 0 spiro atoms. The van der Waals surface area contributed by atoms with Crippen LogP contribution in [0.15, 0.2) is 0 Å². The molecule has 1 fully saturated rings. The van der Waals surface area contributed by atoms with E-state index in [1.807, 2.05) is 0 Å². The summed E-state index contributed by atoms with van der Waals surface area (Å²) in [5.74, 6) is 0.612. The maximum absolute atomic E-state index is 10.9. The van der Waals surface area contributed by atoms with Gasteiger partial charge in [0.25, 0.3) is 0 Å². The molecule has 2 atom stereocenters. The minimum absolute atomic E-state index is 0.0703. The molecule has 64 valence electrons. The number of carbonyl (C=O) groups is 1. The smallest absolute Gasteiger partial charge is 0.306 e. The molecule has 0 bridgehead atoms. The molecule has 2 nitrogen and oxygen atoms in total. The first-order valence-electron chi connectivity index (χ1n) is 4.15. The minimum Gasteiger partial charge on any atom is -0.469 e. The number of esters is 1. The summed E-state index contributed by atoms with van der Waals surface area (Å²) in [6.07, 6.45) is 3.02. The van der Waals surface area contributed by atoms with Crippen LogP contribution in [0.1, 0.15) is 33.1 Å². The summed E-state index contributed by atoms with van der Waals surface area (Å²) in [7, 11) is 1.45. The van der Waals surface area contributed by atoms with Crippen LogP contribution in [0.2, 0.25) is 0 Å². The van der Waals surface area contributed by atoms with E-state index in [1.165, 1.54) is 20.0 Å². The van der Waals surface area contributed by atoms with E-state index in [1.54, 1.807) is 0 Å². The molecule has 2 unspecified atom stereocenters. The van der Waals surface area contributed by atoms with Crippen LogP contribution in [0.3, 0.4) is 0 Å². The van der Waals surface area contributed by atoms with Crippen LogP contribution in [-0.2, 0) is 9.53 Å². The van der Waals surface area contributed by atoms with Gasteiger partial charge in [-0.05, 0) is 24.2 Å². The lowest BCUT2D eigenvalue weighted by Crippen LogP contribution is -2.37. The van der Waals surface area contributed by atoms with Gasteiger partial charge in [-0.25, -0.2) is 0 Å². The van der Waals surface area contributed by atoms with Gasteiger partial charge in [0.05, 0.1) is 13.5 Å². The van der Waals surface area contributed by atoms with E-state index < -0.39 is 0 Å². The second-order valence-corrected chi connectivity index (χ2v) is 3.85. The number of ether oxygens (including phenoxy) is 1. The highest BCUT2D eigenvalue weighted by atomic mass is 16.5. The maximum Gasteiger partial charge on any atom is 0.306 e. The van der Waals surface area contributed by atoms with Crippen molar-refractivity contribution in [1.82, 2.24) is 0 Å². The molecule has 0 aliphatic heterocycles. The molecule has 1 aliphatic carbocycles. The van der Waals surface area contributed by atoms with Crippen LogP contribution < -0.4 is 0 Å². The highest BCUT2D eigenvalue weighted by Gasteiger charge is 2.41. The lowest BCUT2D eigenvalue weighted by Gasteiger charge is -2.44. The Bertz CT molecular complexity index is 165. The van der Waals surface area contributed by atoms with Crippen molar-refractivity contribution in [3.8, 4) is 0 Å². The molecule has 0 aromatic carbocycles. The molecule has 0 aromatic heterocycles. The van der Waals surface area contributed by atoms with E-state index in [4.69, 9.17) is 0 Å². The van der Waals surface area contributed by atoms with E-state index in [9.17, 15) is 4.79 Å². The summed E-state index contributed by atoms with van der Waals surface area (Å²) < 4.78 is 4.63. The van der Waals surface area contributed by atoms with Gasteiger partial charge in [0.15, 0.2) is 0 Å². The molecule has 0 heterocycles. The summed E-state index contributed by atoms with van der Waals surface area (Å²) >= 11 is 0. The summed E-state index contributed by atoms with van der Waals surface area (Å²) in [4.78, 5) is 10.9. The second kappa shape index (κ2) is 2.84. The number of methoxy groups -OCH3 is 1. The zero-order chi connectivity index (χ0) is 8.48. The van der Waals surface area contributed by atoms with E-state index >= 15 is 0 Å².